The maximum Gasteiger partial charge on any atom is 0.410 e. The molecule has 1 aliphatic heterocycles. The highest BCUT2D eigenvalue weighted by Crippen LogP contribution is 2.38. The van der Waals surface area contributed by atoms with Crippen LogP contribution in [0.15, 0.2) is 59.5 Å². The van der Waals surface area contributed by atoms with Gasteiger partial charge in [0.05, 0.1) is 0 Å². The first-order valence-electron chi connectivity index (χ1n) is 11.2. The van der Waals surface area contributed by atoms with Gasteiger partial charge in [-0.25, -0.2) is 4.79 Å². The zero-order chi connectivity index (χ0) is 24.1. The summed E-state index contributed by atoms with van der Waals surface area (Å²) in [6.45, 7) is 8.22. The number of hydrogen-bond acceptors (Lipinski definition) is 5. The number of anilines is 1. The second kappa shape index (κ2) is 10.4. The Bertz CT molecular complexity index is 976. The van der Waals surface area contributed by atoms with Crippen LogP contribution in [0.3, 0.4) is 0 Å². The molecule has 1 aliphatic rings. The molecule has 0 spiro atoms. The number of hydrogen-bond donors (Lipinski definition) is 1. The van der Waals surface area contributed by atoms with E-state index >= 15 is 0 Å². The number of carbonyl (C=O) groups excluding carboxylic acids is 3. The lowest BCUT2D eigenvalue weighted by Gasteiger charge is -2.40. The maximum atomic E-state index is 12.6. The molecule has 0 aromatic heterocycles. The van der Waals surface area contributed by atoms with Crippen LogP contribution < -0.4 is 5.32 Å². The molecule has 0 atom stereocenters. The Kier molecular flexibility index (Phi) is 7.84. The van der Waals surface area contributed by atoms with Crippen LogP contribution in [0, 0.1) is 5.41 Å². The summed E-state index contributed by atoms with van der Waals surface area (Å²) >= 11 is 1.63. The summed E-state index contributed by atoms with van der Waals surface area (Å²) in [7, 11) is 0. The average molecular weight is 469 g/mol. The van der Waals surface area contributed by atoms with E-state index in [0.717, 1.165) is 10.6 Å². The van der Waals surface area contributed by atoms with Crippen molar-refractivity contribution >= 4 is 35.2 Å². The number of thioether (sulfide) groups is 1. The highest BCUT2D eigenvalue weighted by atomic mass is 32.2. The van der Waals surface area contributed by atoms with E-state index in [4.69, 9.17) is 4.74 Å². The van der Waals surface area contributed by atoms with E-state index in [2.05, 4.69) is 5.32 Å². The molecule has 7 heteroatoms. The van der Waals surface area contributed by atoms with Crippen molar-refractivity contribution in [2.24, 2.45) is 5.41 Å². The molecule has 176 valence electrons. The summed E-state index contributed by atoms with van der Waals surface area (Å²) in [6.07, 6.45) is 0.931. The van der Waals surface area contributed by atoms with Crippen LogP contribution in [0.1, 0.15) is 50.9 Å². The molecule has 0 unspecified atom stereocenters. The number of ether oxygens (including phenoxy) is 1. The van der Waals surface area contributed by atoms with Crippen LogP contribution in [0.25, 0.3) is 0 Å². The largest absolute Gasteiger partial charge is 0.444 e. The number of benzene rings is 2. The van der Waals surface area contributed by atoms with Gasteiger partial charge in [-0.2, -0.15) is 0 Å². The van der Waals surface area contributed by atoms with Gasteiger partial charge in [0.15, 0.2) is 0 Å². The summed E-state index contributed by atoms with van der Waals surface area (Å²) in [5.74, 6) is 0.661. The molecular formula is C26H32N2O4S. The van der Waals surface area contributed by atoms with Crippen LogP contribution >= 0.6 is 11.8 Å². The number of amides is 2. The monoisotopic (exact) mass is 468 g/mol. The summed E-state index contributed by atoms with van der Waals surface area (Å²) in [6, 6.07) is 16.7. The van der Waals surface area contributed by atoms with Crippen molar-refractivity contribution in [3.05, 3.63) is 60.2 Å². The molecule has 33 heavy (non-hydrogen) atoms. The van der Waals surface area contributed by atoms with Gasteiger partial charge in [0.1, 0.15) is 11.4 Å². The van der Waals surface area contributed by atoms with Crippen LogP contribution in [0.5, 0.6) is 0 Å². The predicted octanol–water partition coefficient (Wildman–Crippen LogP) is 5.64. The third-order valence-electron chi connectivity index (χ3n) is 5.78. The van der Waals surface area contributed by atoms with E-state index in [1.165, 1.54) is 0 Å². The lowest BCUT2D eigenvalue weighted by Crippen LogP contribution is -2.48. The van der Waals surface area contributed by atoms with Crippen LogP contribution in [0.4, 0.5) is 10.5 Å². The van der Waals surface area contributed by atoms with E-state index in [-0.39, 0.29) is 17.8 Å². The smallest absolute Gasteiger partial charge is 0.410 e. The molecule has 1 N–H and O–H groups in total. The van der Waals surface area contributed by atoms with Gasteiger partial charge in [0.2, 0.25) is 0 Å². The number of Topliss-reactive ketones (excluding diaryl/α,β-unsaturated/α-hetero) is 1. The number of likely N-dealkylation sites (tertiary alicyclic amines) is 1. The number of piperidine rings is 1. The number of carbonyl (C=O) groups is 3. The van der Waals surface area contributed by atoms with Crippen molar-refractivity contribution in [1.29, 1.82) is 0 Å². The Morgan fingerprint density at radius 3 is 2.15 bits per heavy atom. The van der Waals surface area contributed by atoms with Crippen LogP contribution in [0.2, 0.25) is 0 Å². The number of nitrogens with one attached hydrogen (secondary N) is 1. The van der Waals surface area contributed by atoms with Gasteiger partial charge >= 0.3 is 6.09 Å². The predicted molar refractivity (Wildman–Crippen MR) is 132 cm³/mol. The van der Waals surface area contributed by atoms with Gasteiger partial charge in [0.25, 0.3) is 5.91 Å². The molecule has 0 aliphatic carbocycles. The molecule has 0 bridgehead atoms. The molecule has 1 fully saturated rings. The third-order valence-corrected chi connectivity index (χ3v) is 7.08. The van der Waals surface area contributed by atoms with Gasteiger partial charge in [-0.1, -0.05) is 18.2 Å². The van der Waals surface area contributed by atoms with Crippen molar-refractivity contribution in [3.8, 4) is 0 Å². The van der Waals surface area contributed by atoms with E-state index in [9.17, 15) is 14.4 Å². The number of rotatable bonds is 6. The van der Waals surface area contributed by atoms with Crippen molar-refractivity contribution in [2.75, 3.05) is 24.2 Å². The van der Waals surface area contributed by atoms with Crippen molar-refractivity contribution in [3.63, 3.8) is 0 Å². The molecule has 2 amide bonds. The average Bonchev–Trinajstić information content (AvgIpc) is 2.78. The lowest BCUT2D eigenvalue weighted by molar-refractivity contribution is -0.127. The molecule has 2 aromatic carbocycles. The Balaban J connectivity index is 1.55. The van der Waals surface area contributed by atoms with E-state index in [0.29, 0.717) is 37.2 Å². The molecular weight excluding hydrogens is 436 g/mol. The quantitative estimate of drug-likeness (QED) is 0.556. The Morgan fingerprint density at radius 1 is 1.00 bits per heavy atom. The van der Waals surface area contributed by atoms with Gasteiger partial charge < -0.3 is 15.0 Å². The molecule has 0 radical (unpaired) electrons. The second-order valence-electron chi connectivity index (χ2n) is 9.44. The molecule has 2 aromatic rings. The second-order valence-corrected chi connectivity index (χ2v) is 10.5. The van der Waals surface area contributed by atoms with Crippen molar-refractivity contribution in [2.45, 2.75) is 51.0 Å². The minimum absolute atomic E-state index is 0.150. The van der Waals surface area contributed by atoms with E-state index < -0.39 is 11.0 Å². The summed E-state index contributed by atoms with van der Waals surface area (Å²) in [4.78, 5) is 40.0. The Labute approximate surface area is 200 Å². The van der Waals surface area contributed by atoms with Gasteiger partial charge in [-0.15, -0.1) is 11.8 Å². The molecule has 3 rings (SSSR count). The standard InChI is InChI=1S/C26H32N2O4S/c1-19(29)26(14-16-28(17-15-26)24(31)32-25(2,3)4)18-33-22-12-10-21(11-13-22)27-23(30)20-8-6-5-7-9-20/h5-13H,14-18H2,1-4H3,(H,27,30). The summed E-state index contributed by atoms with van der Waals surface area (Å²) in [5.41, 5.74) is 0.343. The SMILES string of the molecule is CC(=O)C1(CSc2ccc(NC(=O)c3ccccc3)cc2)CCN(C(=O)OC(C)(C)C)CC1. The van der Waals surface area contributed by atoms with Crippen molar-refractivity contribution < 1.29 is 19.1 Å². The zero-order valence-electron chi connectivity index (χ0n) is 19.7. The Morgan fingerprint density at radius 2 is 1.61 bits per heavy atom. The first-order valence-corrected chi connectivity index (χ1v) is 12.1. The normalized spacial score (nSPS) is 15.6. The van der Waals surface area contributed by atoms with E-state index in [1.807, 2.05) is 63.2 Å². The molecule has 6 nitrogen and oxygen atoms in total. The van der Waals surface area contributed by atoms with Crippen LogP contribution in [-0.4, -0.2) is 47.1 Å². The first kappa shape index (κ1) is 24.8. The first-order chi connectivity index (χ1) is 15.6. The topological polar surface area (TPSA) is 75.7 Å². The minimum atomic E-state index is -0.533. The molecule has 1 saturated heterocycles. The van der Waals surface area contributed by atoms with Gasteiger partial charge in [-0.05, 0) is 76.9 Å². The van der Waals surface area contributed by atoms with Crippen molar-refractivity contribution in [1.82, 2.24) is 4.90 Å². The Hall–Kier alpha value is -2.80. The maximum absolute atomic E-state index is 12.6. The summed E-state index contributed by atoms with van der Waals surface area (Å²) < 4.78 is 5.47. The lowest BCUT2D eigenvalue weighted by atomic mass is 9.77. The highest BCUT2D eigenvalue weighted by Gasteiger charge is 2.40. The summed E-state index contributed by atoms with van der Waals surface area (Å²) in [5, 5.41) is 2.90. The zero-order valence-corrected chi connectivity index (χ0v) is 20.5. The van der Waals surface area contributed by atoms with Crippen LogP contribution in [-0.2, 0) is 9.53 Å². The van der Waals surface area contributed by atoms with Gasteiger partial charge in [-0.3, -0.25) is 9.59 Å². The molecule has 0 saturated carbocycles. The van der Waals surface area contributed by atoms with E-state index in [1.54, 1.807) is 35.7 Å². The fourth-order valence-corrected chi connectivity index (χ4v) is 4.95. The molecule has 1 heterocycles. The highest BCUT2D eigenvalue weighted by molar-refractivity contribution is 7.99. The fourth-order valence-electron chi connectivity index (χ4n) is 3.69. The third kappa shape index (κ3) is 6.84. The minimum Gasteiger partial charge on any atom is -0.444 e. The fraction of sp³-hybridized carbons (Fsp3) is 0.423. The number of ketones is 1. The number of nitrogens with zero attached hydrogens (tertiary/aromatic N) is 1. The van der Waals surface area contributed by atoms with Gasteiger partial charge in [0, 0.05) is 40.4 Å².